The Morgan fingerprint density at radius 2 is 2.13 bits per heavy atom. The maximum Gasteiger partial charge on any atom is 0.155 e. The lowest BCUT2D eigenvalue weighted by molar-refractivity contribution is -0.117. The second kappa shape index (κ2) is 5.07. The molecule has 88 valence electrons. The third kappa shape index (κ3) is 3.57. The number of carbonyl (C=O) groups excluding carboxylic acids is 1. The van der Waals surface area contributed by atoms with Gasteiger partial charge < -0.3 is 9.53 Å². The van der Waals surface area contributed by atoms with Gasteiger partial charge in [-0.3, -0.25) is 0 Å². The van der Waals surface area contributed by atoms with Crippen LogP contribution in [0.15, 0.2) is 0 Å². The van der Waals surface area contributed by atoms with Gasteiger partial charge in [0.2, 0.25) is 0 Å². The highest BCUT2D eigenvalue weighted by molar-refractivity contribution is 7.92. The van der Waals surface area contributed by atoms with E-state index in [-0.39, 0.29) is 22.9 Å². The van der Waals surface area contributed by atoms with Crippen molar-refractivity contribution in [1.82, 2.24) is 0 Å². The van der Waals surface area contributed by atoms with Gasteiger partial charge in [-0.1, -0.05) is 0 Å². The van der Waals surface area contributed by atoms with Crippen molar-refractivity contribution in [2.75, 3.05) is 12.4 Å². The van der Waals surface area contributed by atoms with Crippen molar-refractivity contribution in [2.45, 2.75) is 44.5 Å². The van der Waals surface area contributed by atoms with E-state index in [9.17, 15) is 13.2 Å². The fourth-order valence-corrected chi connectivity index (χ4v) is 3.82. The van der Waals surface area contributed by atoms with Crippen molar-refractivity contribution in [3.8, 4) is 0 Å². The monoisotopic (exact) mass is 234 g/mol. The lowest BCUT2D eigenvalue weighted by atomic mass is 10.2. The van der Waals surface area contributed by atoms with Crippen molar-refractivity contribution >= 4 is 15.6 Å². The number of rotatable bonds is 5. The molecule has 0 aliphatic carbocycles. The molecule has 0 spiro atoms. The summed E-state index contributed by atoms with van der Waals surface area (Å²) in [6.45, 7) is 3.80. The topological polar surface area (TPSA) is 60.4 Å². The predicted octanol–water partition coefficient (Wildman–Crippen LogP) is 0.948. The Morgan fingerprint density at radius 3 is 2.60 bits per heavy atom. The molecule has 1 fully saturated rings. The van der Waals surface area contributed by atoms with Crippen LogP contribution in [0.2, 0.25) is 0 Å². The minimum Gasteiger partial charge on any atom is -0.377 e. The molecule has 2 atom stereocenters. The summed E-state index contributed by atoms with van der Waals surface area (Å²) in [5, 5.41) is -0.371. The van der Waals surface area contributed by atoms with Crippen LogP contribution in [-0.2, 0) is 19.4 Å². The Labute approximate surface area is 90.9 Å². The van der Waals surface area contributed by atoms with Crippen LogP contribution in [0.3, 0.4) is 0 Å². The molecular formula is C10H18O4S. The molecule has 0 saturated carbocycles. The number of Topliss-reactive ketones (excluding diaryl/α,β-unsaturated/α-hetero) is 1. The molecule has 1 saturated heterocycles. The number of ether oxygens (including phenoxy) is 1. The first-order valence-corrected chi connectivity index (χ1v) is 6.97. The Balaban J connectivity index is 2.48. The van der Waals surface area contributed by atoms with Gasteiger partial charge in [-0.25, -0.2) is 8.42 Å². The summed E-state index contributed by atoms with van der Waals surface area (Å²) in [4.78, 5) is 10.7. The van der Waals surface area contributed by atoms with Gasteiger partial charge in [0, 0.05) is 13.0 Å². The minimum absolute atomic E-state index is 0.0425. The zero-order valence-corrected chi connectivity index (χ0v) is 10.0. The first-order chi connectivity index (χ1) is 6.93. The first-order valence-electron chi connectivity index (χ1n) is 5.26. The molecule has 1 aliphatic heterocycles. The van der Waals surface area contributed by atoms with Crippen molar-refractivity contribution in [1.29, 1.82) is 0 Å². The fourth-order valence-electron chi connectivity index (χ4n) is 1.86. The van der Waals surface area contributed by atoms with Crippen LogP contribution in [0.5, 0.6) is 0 Å². The zero-order chi connectivity index (χ0) is 11.5. The van der Waals surface area contributed by atoms with E-state index in [4.69, 9.17) is 4.74 Å². The number of ketones is 1. The van der Waals surface area contributed by atoms with E-state index in [1.165, 1.54) is 6.92 Å². The first kappa shape index (κ1) is 12.6. The highest BCUT2D eigenvalue weighted by Crippen LogP contribution is 2.22. The predicted molar refractivity (Wildman–Crippen MR) is 57.5 cm³/mol. The van der Waals surface area contributed by atoms with Crippen LogP contribution in [0, 0.1) is 0 Å². The fraction of sp³-hybridized carbons (Fsp3) is 0.900. The summed E-state index contributed by atoms with van der Waals surface area (Å²) in [6.07, 6.45) is 1.17. The molecule has 4 nitrogen and oxygen atoms in total. The van der Waals surface area contributed by atoms with Crippen LogP contribution >= 0.6 is 0 Å². The lowest BCUT2D eigenvalue weighted by Gasteiger charge is -2.14. The van der Waals surface area contributed by atoms with Crippen molar-refractivity contribution in [3.05, 3.63) is 0 Å². The van der Waals surface area contributed by atoms with E-state index in [1.807, 2.05) is 0 Å². The van der Waals surface area contributed by atoms with Crippen LogP contribution in [0.1, 0.15) is 33.1 Å². The quantitative estimate of drug-likeness (QED) is 0.710. The Morgan fingerprint density at radius 1 is 1.47 bits per heavy atom. The van der Waals surface area contributed by atoms with Crippen LogP contribution in [0.4, 0.5) is 0 Å². The highest BCUT2D eigenvalue weighted by atomic mass is 32.2. The van der Waals surface area contributed by atoms with Gasteiger partial charge in [-0.15, -0.1) is 0 Å². The molecule has 0 aromatic heterocycles. The summed E-state index contributed by atoms with van der Waals surface area (Å²) in [5.74, 6) is 0.145. The Bertz CT molecular complexity index is 320. The maximum absolute atomic E-state index is 11.8. The molecule has 0 aromatic rings. The minimum atomic E-state index is -3.08. The summed E-state index contributed by atoms with van der Waals surface area (Å²) in [6, 6.07) is 0. The maximum atomic E-state index is 11.8. The van der Waals surface area contributed by atoms with Crippen molar-refractivity contribution in [2.24, 2.45) is 0 Å². The van der Waals surface area contributed by atoms with Gasteiger partial charge in [0.15, 0.2) is 9.84 Å². The standard InChI is InChI=1S/C10H18O4S/c1-8(11)4-3-7-15(12,13)10-5-6-14-9(10)2/h9-10H,3-7H2,1-2H3. The molecule has 0 bridgehead atoms. The molecular weight excluding hydrogens is 216 g/mol. The number of sulfone groups is 1. The average molecular weight is 234 g/mol. The SMILES string of the molecule is CC(=O)CCCS(=O)(=O)C1CCOC1C. The Hall–Kier alpha value is -0.420. The van der Waals surface area contributed by atoms with Gasteiger partial charge in [-0.2, -0.15) is 0 Å². The van der Waals surface area contributed by atoms with Gasteiger partial charge in [-0.05, 0) is 26.7 Å². The van der Waals surface area contributed by atoms with Gasteiger partial charge in [0.1, 0.15) is 5.78 Å². The summed E-state index contributed by atoms with van der Waals surface area (Å²) in [5.41, 5.74) is 0. The van der Waals surface area contributed by atoms with E-state index in [2.05, 4.69) is 0 Å². The van der Waals surface area contributed by atoms with E-state index < -0.39 is 9.84 Å². The zero-order valence-electron chi connectivity index (χ0n) is 9.23. The summed E-state index contributed by atoms with van der Waals surface area (Å²) in [7, 11) is -3.08. The third-order valence-corrected chi connectivity index (χ3v) is 5.12. The van der Waals surface area contributed by atoms with E-state index in [1.54, 1.807) is 6.92 Å². The molecule has 0 radical (unpaired) electrons. The Kier molecular flexibility index (Phi) is 4.28. The highest BCUT2D eigenvalue weighted by Gasteiger charge is 2.35. The molecule has 15 heavy (non-hydrogen) atoms. The summed E-state index contributed by atoms with van der Waals surface area (Å²) < 4.78 is 28.9. The van der Waals surface area contributed by atoms with E-state index in [0.29, 0.717) is 25.9 Å². The van der Waals surface area contributed by atoms with E-state index in [0.717, 1.165) is 0 Å². The third-order valence-electron chi connectivity index (χ3n) is 2.73. The molecule has 0 aromatic carbocycles. The molecule has 1 rings (SSSR count). The second-order valence-corrected chi connectivity index (χ2v) is 6.42. The normalized spacial score (nSPS) is 26.8. The number of hydrogen-bond acceptors (Lipinski definition) is 4. The smallest absolute Gasteiger partial charge is 0.155 e. The van der Waals surface area contributed by atoms with E-state index >= 15 is 0 Å². The summed E-state index contributed by atoms with van der Waals surface area (Å²) >= 11 is 0. The van der Waals surface area contributed by atoms with Crippen LogP contribution < -0.4 is 0 Å². The largest absolute Gasteiger partial charge is 0.377 e. The molecule has 1 heterocycles. The number of carbonyl (C=O) groups is 1. The molecule has 2 unspecified atom stereocenters. The average Bonchev–Trinajstić information content (AvgIpc) is 2.50. The van der Waals surface area contributed by atoms with Crippen LogP contribution in [0.25, 0.3) is 0 Å². The van der Waals surface area contributed by atoms with Crippen molar-refractivity contribution in [3.63, 3.8) is 0 Å². The molecule has 0 amide bonds. The van der Waals surface area contributed by atoms with Gasteiger partial charge in [0.05, 0.1) is 17.1 Å². The lowest BCUT2D eigenvalue weighted by Crippen LogP contribution is -2.30. The van der Waals surface area contributed by atoms with Crippen LogP contribution in [-0.4, -0.2) is 37.9 Å². The second-order valence-electron chi connectivity index (χ2n) is 4.08. The molecule has 0 N–H and O–H groups in total. The molecule has 1 aliphatic rings. The van der Waals surface area contributed by atoms with Gasteiger partial charge in [0.25, 0.3) is 0 Å². The van der Waals surface area contributed by atoms with Gasteiger partial charge >= 0.3 is 0 Å². The number of hydrogen-bond donors (Lipinski definition) is 0. The molecule has 5 heteroatoms. The van der Waals surface area contributed by atoms with Crippen molar-refractivity contribution < 1.29 is 17.9 Å².